The fourth-order valence-corrected chi connectivity index (χ4v) is 5.80. The van der Waals surface area contributed by atoms with Gasteiger partial charge < -0.3 is 4.90 Å². The van der Waals surface area contributed by atoms with Crippen molar-refractivity contribution in [3.63, 3.8) is 0 Å². The standard InChI is InChI=1S/C30H37FN4O2S/c1-21(2)34(22(3)4)30(37)24-9-11-25(12-10-24)35(32-29(36)27-7-5-6-8-28(27)31)26-13-16-33(17-14-26)19-23-15-18-38-20-23/h5-12,15,18,20-22,26H,13-14,16-17,19H2,1-4H3,(H,32,36). The number of carbonyl (C=O) groups excluding carboxylic acids is 2. The summed E-state index contributed by atoms with van der Waals surface area (Å²) in [5, 5.41) is 6.13. The predicted octanol–water partition coefficient (Wildman–Crippen LogP) is 5.96. The van der Waals surface area contributed by atoms with Crippen LogP contribution in [0.25, 0.3) is 0 Å². The summed E-state index contributed by atoms with van der Waals surface area (Å²) < 4.78 is 14.4. The summed E-state index contributed by atoms with van der Waals surface area (Å²) >= 11 is 1.70. The van der Waals surface area contributed by atoms with E-state index in [-0.39, 0.29) is 29.6 Å². The molecule has 0 bridgehead atoms. The third-order valence-electron chi connectivity index (χ3n) is 6.99. The third-order valence-corrected chi connectivity index (χ3v) is 7.72. The number of nitrogens with zero attached hydrogens (tertiary/aromatic N) is 3. The normalized spacial score (nSPS) is 14.6. The number of hydrogen-bond donors (Lipinski definition) is 1. The SMILES string of the molecule is CC(C)N(C(=O)c1ccc(N(NC(=O)c2ccccc2F)C2CCN(Cc3ccsc3)CC2)cc1)C(C)C. The van der Waals surface area contributed by atoms with Crippen LogP contribution in [0.15, 0.2) is 65.4 Å². The zero-order chi connectivity index (χ0) is 27.2. The lowest BCUT2D eigenvalue weighted by Crippen LogP contribution is -2.53. The van der Waals surface area contributed by atoms with E-state index in [0.717, 1.165) is 38.2 Å². The Morgan fingerprint density at radius 3 is 2.24 bits per heavy atom. The van der Waals surface area contributed by atoms with Gasteiger partial charge in [-0.05, 0) is 99.3 Å². The first-order chi connectivity index (χ1) is 18.2. The third kappa shape index (κ3) is 6.60. The quantitative estimate of drug-likeness (QED) is 0.343. The second kappa shape index (κ2) is 12.5. The second-order valence-corrected chi connectivity index (χ2v) is 11.2. The molecule has 0 atom stereocenters. The molecule has 2 amide bonds. The molecular formula is C30H37FN4O2S. The van der Waals surface area contributed by atoms with Gasteiger partial charge in [0.1, 0.15) is 5.82 Å². The fourth-order valence-electron chi connectivity index (χ4n) is 5.14. The van der Waals surface area contributed by atoms with Crippen LogP contribution in [0.5, 0.6) is 0 Å². The van der Waals surface area contributed by atoms with Crippen LogP contribution in [0.3, 0.4) is 0 Å². The zero-order valence-electron chi connectivity index (χ0n) is 22.6. The number of piperidine rings is 1. The van der Waals surface area contributed by atoms with Gasteiger partial charge in [0.15, 0.2) is 0 Å². The number of hydrogen-bond acceptors (Lipinski definition) is 5. The zero-order valence-corrected chi connectivity index (χ0v) is 23.4. The lowest BCUT2D eigenvalue weighted by Gasteiger charge is -2.39. The summed E-state index contributed by atoms with van der Waals surface area (Å²) in [5.41, 5.74) is 5.66. The van der Waals surface area contributed by atoms with Crippen LogP contribution in [0.1, 0.15) is 66.8 Å². The van der Waals surface area contributed by atoms with Crippen molar-refractivity contribution in [2.45, 2.75) is 65.2 Å². The second-order valence-electron chi connectivity index (χ2n) is 10.4. The van der Waals surface area contributed by atoms with Crippen LogP contribution in [0.4, 0.5) is 10.1 Å². The fraction of sp³-hybridized carbons (Fsp3) is 0.400. The highest BCUT2D eigenvalue weighted by Gasteiger charge is 2.28. The van der Waals surface area contributed by atoms with Crippen LogP contribution < -0.4 is 10.4 Å². The number of anilines is 1. The van der Waals surface area contributed by atoms with E-state index >= 15 is 0 Å². The molecule has 0 radical (unpaired) electrons. The maximum atomic E-state index is 14.4. The van der Waals surface area contributed by atoms with Crippen molar-refractivity contribution in [3.05, 3.63) is 87.9 Å². The van der Waals surface area contributed by atoms with Crippen molar-refractivity contribution in [2.75, 3.05) is 18.1 Å². The molecule has 1 saturated heterocycles. The van der Waals surface area contributed by atoms with E-state index in [1.54, 1.807) is 23.5 Å². The maximum absolute atomic E-state index is 14.4. The summed E-state index contributed by atoms with van der Waals surface area (Å²) in [6, 6.07) is 15.7. The molecule has 1 aliphatic rings. The Bertz CT molecular complexity index is 1200. The van der Waals surface area contributed by atoms with Gasteiger partial charge in [-0.25, -0.2) is 4.39 Å². The highest BCUT2D eigenvalue weighted by atomic mass is 32.1. The Hall–Kier alpha value is -3.23. The smallest absolute Gasteiger partial charge is 0.272 e. The van der Waals surface area contributed by atoms with Gasteiger partial charge in [-0.2, -0.15) is 11.3 Å². The van der Waals surface area contributed by atoms with Gasteiger partial charge >= 0.3 is 0 Å². The molecule has 202 valence electrons. The van der Waals surface area contributed by atoms with Crippen LogP contribution in [0, 0.1) is 5.82 Å². The lowest BCUT2D eigenvalue weighted by molar-refractivity contribution is 0.0643. The molecule has 2 aromatic carbocycles. The summed E-state index contributed by atoms with van der Waals surface area (Å²) in [6.45, 7) is 10.7. The molecule has 0 unspecified atom stereocenters. The molecule has 0 aliphatic carbocycles. The van der Waals surface area contributed by atoms with E-state index in [4.69, 9.17) is 0 Å². The van der Waals surface area contributed by atoms with Gasteiger partial charge in [-0.15, -0.1) is 0 Å². The van der Waals surface area contributed by atoms with Crippen LogP contribution >= 0.6 is 11.3 Å². The molecule has 8 heteroatoms. The Morgan fingerprint density at radius 1 is 1.00 bits per heavy atom. The molecule has 6 nitrogen and oxygen atoms in total. The lowest BCUT2D eigenvalue weighted by atomic mass is 10.0. The average Bonchev–Trinajstić information content (AvgIpc) is 3.41. The van der Waals surface area contributed by atoms with Crippen LogP contribution in [0.2, 0.25) is 0 Å². The summed E-state index contributed by atoms with van der Waals surface area (Å²) in [5.74, 6) is -1.07. The van der Waals surface area contributed by atoms with E-state index in [1.165, 1.54) is 17.7 Å². The minimum Gasteiger partial charge on any atom is -0.334 e. The molecule has 1 aliphatic heterocycles. The molecule has 0 saturated carbocycles. The summed E-state index contributed by atoms with van der Waals surface area (Å²) in [4.78, 5) is 30.6. The van der Waals surface area contributed by atoms with Gasteiger partial charge in [-0.3, -0.25) is 24.9 Å². The molecule has 1 aromatic heterocycles. The van der Waals surface area contributed by atoms with E-state index in [2.05, 4.69) is 27.2 Å². The van der Waals surface area contributed by atoms with E-state index in [0.29, 0.717) is 5.56 Å². The predicted molar refractivity (Wildman–Crippen MR) is 152 cm³/mol. The summed E-state index contributed by atoms with van der Waals surface area (Å²) in [7, 11) is 0. The molecule has 3 aromatic rings. The molecule has 0 spiro atoms. The number of hydrazine groups is 1. The van der Waals surface area contributed by atoms with E-state index in [1.807, 2.05) is 61.9 Å². The largest absolute Gasteiger partial charge is 0.334 e. The monoisotopic (exact) mass is 536 g/mol. The minimum absolute atomic E-state index is 0.00343. The number of rotatable bonds is 9. The van der Waals surface area contributed by atoms with E-state index < -0.39 is 11.7 Å². The molecule has 1 N–H and O–H groups in total. The van der Waals surface area contributed by atoms with Crippen LogP contribution in [-0.4, -0.2) is 52.8 Å². The minimum atomic E-state index is -0.557. The molecule has 4 rings (SSSR count). The number of carbonyl (C=O) groups is 2. The average molecular weight is 537 g/mol. The first kappa shape index (κ1) is 27.8. The summed E-state index contributed by atoms with van der Waals surface area (Å²) in [6.07, 6.45) is 1.69. The Kier molecular flexibility index (Phi) is 9.17. The topological polar surface area (TPSA) is 55.9 Å². The number of nitrogens with one attached hydrogen (secondary N) is 1. The Balaban J connectivity index is 1.54. The van der Waals surface area contributed by atoms with Crippen molar-refractivity contribution in [1.29, 1.82) is 0 Å². The first-order valence-electron chi connectivity index (χ1n) is 13.3. The Labute approximate surface area is 229 Å². The molecular weight excluding hydrogens is 499 g/mol. The van der Waals surface area contributed by atoms with Gasteiger partial charge in [0.2, 0.25) is 0 Å². The van der Waals surface area contributed by atoms with Crippen LogP contribution in [-0.2, 0) is 6.54 Å². The molecule has 1 fully saturated rings. The van der Waals surface area contributed by atoms with Gasteiger partial charge in [0.05, 0.1) is 17.3 Å². The molecule has 2 heterocycles. The van der Waals surface area contributed by atoms with Crippen molar-refractivity contribution in [3.8, 4) is 0 Å². The van der Waals surface area contributed by atoms with Gasteiger partial charge in [0, 0.05) is 37.3 Å². The number of halogens is 1. The van der Waals surface area contributed by atoms with Gasteiger partial charge in [-0.1, -0.05) is 12.1 Å². The van der Waals surface area contributed by atoms with Crippen molar-refractivity contribution < 1.29 is 14.0 Å². The molecule has 38 heavy (non-hydrogen) atoms. The number of benzene rings is 2. The number of amides is 2. The van der Waals surface area contributed by atoms with Gasteiger partial charge in [0.25, 0.3) is 11.8 Å². The first-order valence-corrected chi connectivity index (χ1v) is 14.2. The van der Waals surface area contributed by atoms with Crippen molar-refractivity contribution in [1.82, 2.24) is 15.2 Å². The highest BCUT2D eigenvalue weighted by molar-refractivity contribution is 7.07. The maximum Gasteiger partial charge on any atom is 0.272 e. The number of likely N-dealkylation sites (tertiary alicyclic amines) is 1. The van der Waals surface area contributed by atoms with Crippen molar-refractivity contribution >= 4 is 28.8 Å². The number of thiophene rings is 1. The Morgan fingerprint density at radius 2 is 1.66 bits per heavy atom. The van der Waals surface area contributed by atoms with Crippen molar-refractivity contribution in [2.24, 2.45) is 0 Å². The highest BCUT2D eigenvalue weighted by Crippen LogP contribution is 2.25. The van der Waals surface area contributed by atoms with E-state index in [9.17, 15) is 14.0 Å².